The zero-order valence-corrected chi connectivity index (χ0v) is 10.5. The Balaban J connectivity index is 2.74. The third kappa shape index (κ3) is 2.25. The summed E-state index contributed by atoms with van der Waals surface area (Å²) in [7, 11) is 0. The highest BCUT2D eigenvalue weighted by atomic mass is 35.5. The van der Waals surface area contributed by atoms with Crippen molar-refractivity contribution in [3.8, 4) is 11.1 Å². The number of benzene rings is 2. The maximum Gasteiger partial charge on any atom is 0.152 e. The summed E-state index contributed by atoms with van der Waals surface area (Å²) >= 11 is 17.4. The third-order valence-corrected chi connectivity index (χ3v) is 3.24. The number of halogens is 5. The molecule has 2 aromatic rings. The first-order valence-corrected chi connectivity index (χ1v) is 5.73. The molecule has 0 spiro atoms. The molecule has 5 heteroatoms. The van der Waals surface area contributed by atoms with Gasteiger partial charge in [-0.2, -0.15) is 0 Å². The fourth-order valence-corrected chi connectivity index (χ4v) is 2.24. The molecule has 0 unspecified atom stereocenters. The molecular weight excluding hydrogens is 288 g/mol. The summed E-state index contributed by atoms with van der Waals surface area (Å²) in [6.45, 7) is 0. The molecule has 0 saturated heterocycles. The van der Waals surface area contributed by atoms with Crippen LogP contribution in [-0.2, 0) is 0 Å². The molecular formula is C12H5Cl3F2. The van der Waals surface area contributed by atoms with Gasteiger partial charge in [-0.25, -0.2) is 8.78 Å². The van der Waals surface area contributed by atoms with Gasteiger partial charge < -0.3 is 0 Å². The summed E-state index contributed by atoms with van der Waals surface area (Å²) in [6, 6.07) is 7.10. The molecule has 0 fully saturated rings. The van der Waals surface area contributed by atoms with Crippen molar-refractivity contribution in [2.75, 3.05) is 0 Å². The van der Waals surface area contributed by atoms with E-state index in [2.05, 4.69) is 0 Å². The quantitative estimate of drug-likeness (QED) is 0.601. The standard InChI is InChI=1S/C12H5Cl3F2/c13-7-2-1-3-8(14)10(7)6-4-5-9(16)11(15)12(6)17/h1-5H. The van der Waals surface area contributed by atoms with Crippen LogP contribution >= 0.6 is 34.8 Å². The molecule has 0 aromatic heterocycles. The second-order valence-corrected chi connectivity index (χ2v) is 4.51. The van der Waals surface area contributed by atoms with Crippen LogP contribution in [-0.4, -0.2) is 0 Å². The highest BCUT2D eigenvalue weighted by molar-refractivity contribution is 6.39. The zero-order chi connectivity index (χ0) is 12.6. The SMILES string of the molecule is Fc1ccc(-c2c(Cl)cccc2Cl)c(F)c1Cl. The van der Waals surface area contributed by atoms with E-state index >= 15 is 0 Å². The van der Waals surface area contributed by atoms with Crippen molar-refractivity contribution in [2.45, 2.75) is 0 Å². The Morgan fingerprint density at radius 2 is 1.41 bits per heavy atom. The molecule has 2 aromatic carbocycles. The van der Waals surface area contributed by atoms with Gasteiger partial charge in [0.1, 0.15) is 10.8 Å². The van der Waals surface area contributed by atoms with Gasteiger partial charge in [0.25, 0.3) is 0 Å². The topological polar surface area (TPSA) is 0 Å². The molecule has 0 heterocycles. The van der Waals surface area contributed by atoms with Crippen LogP contribution in [0.1, 0.15) is 0 Å². The van der Waals surface area contributed by atoms with Crippen LogP contribution < -0.4 is 0 Å². The molecule has 0 nitrogen and oxygen atoms in total. The van der Waals surface area contributed by atoms with E-state index < -0.39 is 16.7 Å². The van der Waals surface area contributed by atoms with Crippen molar-refractivity contribution < 1.29 is 8.78 Å². The van der Waals surface area contributed by atoms with E-state index in [9.17, 15) is 8.78 Å². The molecule has 2 rings (SSSR count). The van der Waals surface area contributed by atoms with Crippen LogP contribution in [0.2, 0.25) is 15.1 Å². The maximum absolute atomic E-state index is 13.8. The van der Waals surface area contributed by atoms with Gasteiger partial charge in [0, 0.05) is 21.2 Å². The molecule has 0 N–H and O–H groups in total. The average molecular weight is 294 g/mol. The molecule has 0 aliphatic rings. The van der Waals surface area contributed by atoms with Crippen molar-refractivity contribution in [3.05, 3.63) is 57.0 Å². The van der Waals surface area contributed by atoms with Crippen molar-refractivity contribution in [1.29, 1.82) is 0 Å². The summed E-state index contributed by atoms with van der Waals surface area (Å²) < 4.78 is 26.9. The van der Waals surface area contributed by atoms with Gasteiger partial charge in [-0.3, -0.25) is 0 Å². The predicted molar refractivity (Wildman–Crippen MR) is 66.8 cm³/mol. The van der Waals surface area contributed by atoms with Crippen LogP contribution in [0.4, 0.5) is 8.78 Å². The number of hydrogen-bond donors (Lipinski definition) is 0. The molecule has 0 atom stereocenters. The predicted octanol–water partition coefficient (Wildman–Crippen LogP) is 5.59. The van der Waals surface area contributed by atoms with Gasteiger partial charge in [0.2, 0.25) is 0 Å². The van der Waals surface area contributed by atoms with Gasteiger partial charge in [-0.1, -0.05) is 40.9 Å². The molecule has 17 heavy (non-hydrogen) atoms. The minimum atomic E-state index is -0.873. The zero-order valence-electron chi connectivity index (χ0n) is 8.28. The summed E-state index contributed by atoms with van der Waals surface area (Å²) in [4.78, 5) is 0. The van der Waals surface area contributed by atoms with Gasteiger partial charge in [0.05, 0.1) is 0 Å². The summed E-state index contributed by atoms with van der Waals surface area (Å²) in [5.41, 5.74) is 0.377. The Labute approximate surface area is 112 Å². The van der Waals surface area contributed by atoms with Gasteiger partial charge in [0.15, 0.2) is 5.82 Å². The van der Waals surface area contributed by atoms with Crippen molar-refractivity contribution >= 4 is 34.8 Å². The Hall–Kier alpha value is -0.830. The lowest BCUT2D eigenvalue weighted by molar-refractivity contribution is 0.586. The Kier molecular flexibility index (Phi) is 3.57. The third-order valence-electron chi connectivity index (χ3n) is 2.27. The molecule has 0 amide bonds. The van der Waals surface area contributed by atoms with E-state index in [0.29, 0.717) is 5.56 Å². The first-order chi connectivity index (χ1) is 8.02. The van der Waals surface area contributed by atoms with E-state index in [0.717, 1.165) is 6.07 Å². The second-order valence-electron chi connectivity index (χ2n) is 3.32. The lowest BCUT2D eigenvalue weighted by Gasteiger charge is -2.09. The van der Waals surface area contributed by atoms with Gasteiger partial charge >= 0.3 is 0 Å². The van der Waals surface area contributed by atoms with E-state index in [1.54, 1.807) is 18.2 Å². The van der Waals surface area contributed by atoms with Crippen LogP contribution in [0.25, 0.3) is 11.1 Å². The molecule has 88 valence electrons. The van der Waals surface area contributed by atoms with Crippen molar-refractivity contribution in [3.63, 3.8) is 0 Å². The lowest BCUT2D eigenvalue weighted by Crippen LogP contribution is -1.90. The van der Waals surface area contributed by atoms with Crippen LogP contribution in [0, 0.1) is 11.6 Å². The lowest BCUT2D eigenvalue weighted by atomic mass is 10.0. The summed E-state index contributed by atoms with van der Waals surface area (Å²) in [5.74, 6) is -1.70. The van der Waals surface area contributed by atoms with Crippen molar-refractivity contribution in [2.24, 2.45) is 0 Å². The minimum Gasteiger partial charge on any atom is -0.205 e. The fourth-order valence-electron chi connectivity index (χ4n) is 1.47. The Morgan fingerprint density at radius 1 is 0.824 bits per heavy atom. The number of rotatable bonds is 1. The van der Waals surface area contributed by atoms with Gasteiger partial charge in [-0.05, 0) is 24.3 Å². The Morgan fingerprint density at radius 3 is 2.00 bits per heavy atom. The highest BCUT2D eigenvalue weighted by Gasteiger charge is 2.17. The monoisotopic (exact) mass is 292 g/mol. The van der Waals surface area contributed by atoms with Crippen LogP contribution in [0.5, 0.6) is 0 Å². The molecule has 0 saturated carbocycles. The normalized spacial score (nSPS) is 10.6. The Bertz CT molecular complexity index is 562. The molecule has 0 bridgehead atoms. The smallest absolute Gasteiger partial charge is 0.152 e. The summed E-state index contributed by atoms with van der Waals surface area (Å²) in [6.07, 6.45) is 0. The van der Waals surface area contributed by atoms with E-state index in [4.69, 9.17) is 34.8 Å². The van der Waals surface area contributed by atoms with Gasteiger partial charge in [-0.15, -0.1) is 0 Å². The molecule has 0 aliphatic heterocycles. The van der Waals surface area contributed by atoms with Crippen LogP contribution in [0.15, 0.2) is 30.3 Å². The molecule has 0 radical (unpaired) electrons. The first kappa shape index (κ1) is 12.6. The average Bonchev–Trinajstić information content (AvgIpc) is 2.29. The van der Waals surface area contributed by atoms with Crippen molar-refractivity contribution in [1.82, 2.24) is 0 Å². The van der Waals surface area contributed by atoms with E-state index in [1.807, 2.05) is 0 Å². The largest absolute Gasteiger partial charge is 0.205 e. The van der Waals surface area contributed by atoms with E-state index in [-0.39, 0.29) is 15.6 Å². The second kappa shape index (κ2) is 4.81. The maximum atomic E-state index is 13.8. The first-order valence-electron chi connectivity index (χ1n) is 4.60. The minimum absolute atomic E-state index is 0.0759. The summed E-state index contributed by atoms with van der Waals surface area (Å²) in [5, 5.41) is -0.0170. The highest BCUT2D eigenvalue weighted by Crippen LogP contribution is 2.38. The van der Waals surface area contributed by atoms with E-state index in [1.165, 1.54) is 6.07 Å². The van der Waals surface area contributed by atoms with Crippen LogP contribution in [0.3, 0.4) is 0 Å². The fraction of sp³-hybridized carbons (Fsp3) is 0. The number of hydrogen-bond acceptors (Lipinski definition) is 0. The molecule has 0 aliphatic carbocycles.